The fourth-order valence-electron chi connectivity index (χ4n) is 4.67. The summed E-state index contributed by atoms with van der Waals surface area (Å²) in [6, 6.07) is 24.3. The van der Waals surface area contributed by atoms with E-state index < -0.39 is 0 Å². The number of aryl methyl sites for hydroxylation is 1. The van der Waals surface area contributed by atoms with Crippen molar-refractivity contribution in [2.24, 2.45) is 0 Å². The molecule has 0 spiro atoms. The first-order valence-corrected chi connectivity index (χ1v) is 9.48. The molecule has 0 radical (unpaired) electrons. The summed E-state index contributed by atoms with van der Waals surface area (Å²) < 4.78 is 2.01. The molecule has 0 fully saturated rings. The van der Waals surface area contributed by atoms with Gasteiger partial charge in [-0.3, -0.25) is 0 Å². The molecule has 0 atom stereocenters. The summed E-state index contributed by atoms with van der Waals surface area (Å²) in [6.07, 6.45) is 2.06. The number of pyridine rings is 1. The second kappa shape index (κ2) is 5.47. The van der Waals surface area contributed by atoms with Crippen molar-refractivity contribution in [2.45, 2.75) is 26.2 Å². The van der Waals surface area contributed by atoms with Crippen molar-refractivity contribution in [3.8, 4) is 22.4 Å². The molecule has 1 aromatic heterocycles. The average molecular weight is 349 g/mol. The van der Waals surface area contributed by atoms with E-state index in [0.29, 0.717) is 0 Å². The Balaban J connectivity index is 1.84. The molecular weight excluding hydrogens is 326 g/mol. The lowest BCUT2D eigenvalue weighted by Gasteiger charge is -2.23. The summed E-state index contributed by atoms with van der Waals surface area (Å²) in [5, 5.41) is 2.49. The summed E-state index contributed by atoms with van der Waals surface area (Å²) >= 11 is 0. The number of aromatic nitrogens is 1. The van der Waals surface area contributed by atoms with Gasteiger partial charge in [0.1, 0.15) is 5.69 Å². The topological polar surface area (TPSA) is 3.88 Å². The molecule has 0 N–H and O–H groups in total. The van der Waals surface area contributed by atoms with E-state index in [2.05, 4.69) is 101 Å². The predicted molar refractivity (Wildman–Crippen MR) is 113 cm³/mol. The van der Waals surface area contributed by atoms with Crippen LogP contribution in [-0.4, -0.2) is 0 Å². The Morgan fingerprint density at radius 1 is 0.778 bits per heavy atom. The van der Waals surface area contributed by atoms with Gasteiger partial charge in [0.15, 0.2) is 0 Å². The molecule has 27 heavy (non-hydrogen) atoms. The van der Waals surface area contributed by atoms with Crippen molar-refractivity contribution in [2.75, 3.05) is 0 Å². The number of hydrogen-bond acceptors (Lipinski definition) is 0. The molecule has 1 aliphatic carbocycles. The minimum absolute atomic E-state index is 0.00492. The molecule has 0 saturated carbocycles. The van der Waals surface area contributed by atoms with E-state index in [-0.39, 0.29) is 5.41 Å². The van der Waals surface area contributed by atoms with Gasteiger partial charge in [-0.25, -0.2) is 0 Å². The van der Waals surface area contributed by atoms with Gasteiger partial charge in [-0.1, -0.05) is 74.5 Å². The Kier molecular flexibility index (Phi) is 3.27. The van der Waals surface area contributed by atoms with Gasteiger partial charge in [0.05, 0.1) is 6.20 Å². The second-order valence-corrected chi connectivity index (χ2v) is 8.10. The van der Waals surface area contributed by atoms with E-state index in [4.69, 9.17) is 0 Å². The predicted octanol–water partition coefficient (Wildman–Crippen LogP) is 6.05. The first-order valence-electron chi connectivity index (χ1n) is 9.48. The minimum atomic E-state index is 0.00492. The molecule has 4 aromatic rings. The number of hydrogen-bond donors (Lipinski definition) is 0. The van der Waals surface area contributed by atoms with E-state index >= 15 is 0 Å². The molecule has 132 valence electrons. The molecule has 0 unspecified atom stereocenters. The SMILES string of the molecule is [CH2-][n+]1ccc2ccccc2c1-c1cc2c(cc1C)-c1ccccc1C2(C)C. The van der Waals surface area contributed by atoms with Crippen molar-refractivity contribution in [1.82, 2.24) is 0 Å². The van der Waals surface area contributed by atoms with Crippen molar-refractivity contribution < 1.29 is 4.57 Å². The van der Waals surface area contributed by atoms with Gasteiger partial charge in [0.2, 0.25) is 0 Å². The maximum atomic E-state index is 4.27. The number of fused-ring (bicyclic) bond motifs is 4. The number of nitrogens with zero attached hydrogens (tertiary/aromatic N) is 1. The number of benzene rings is 3. The van der Waals surface area contributed by atoms with Crippen LogP contribution >= 0.6 is 0 Å². The molecule has 5 rings (SSSR count). The van der Waals surface area contributed by atoms with Crippen LogP contribution in [0.1, 0.15) is 30.5 Å². The summed E-state index contributed by atoms with van der Waals surface area (Å²) in [5.41, 5.74) is 9.29. The van der Waals surface area contributed by atoms with Crippen LogP contribution in [0, 0.1) is 14.0 Å². The van der Waals surface area contributed by atoms with Crippen molar-refractivity contribution >= 4 is 10.8 Å². The Hall–Kier alpha value is -3.06. The summed E-state index contributed by atoms with van der Waals surface area (Å²) in [4.78, 5) is 0. The highest BCUT2D eigenvalue weighted by molar-refractivity contribution is 5.95. The fraction of sp³-hybridized carbons (Fsp3) is 0.154. The van der Waals surface area contributed by atoms with Gasteiger partial charge in [-0.2, -0.15) is 0 Å². The molecule has 0 aliphatic heterocycles. The van der Waals surface area contributed by atoms with Gasteiger partial charge in [0.25, 0.3) is 0 Å². The van der Waals surface area contributed by atoms with Crippen LogP contribution in [0.15, 0.2) is 72.9 Å². The molecule has 1 aliphatic rings. The highest BCUT2D eigenvalue weighted by Crippen LogP contribution is 2.50. The normalized spacial score (nSPS) is 14.2. The monoisotopic (exact) mass is 349 g/mol. The van der Waals surface area contributed by atoms with Crippen LogP contribution in [0.25, 0.3) is 33.2 Å². The van der Waals surface area contributed by atoms with Gasteiger partial charge < -0.3 is 4.57 Å². The van der Waals surface area contributed by atoms with E-state index in [1.54, 1.807) is 0 Å². The first-order chi connectivity index (χ1) is 13.0. The van der Waals surface area contributed by atoms with Crippen LogP contribution in [-0.2, 0) is 5.41 Å². The molecule has 1 nitrogen and oxygen atoms in total. The lowest BCUT2D eigenvalue weighted by Crippen LogP contribution is -2.28. The lowest BCUT2D eigenvalue weighted by atomic mass is 9.81. The maximum absolute atomic E-state index is 4.27. The van der Waals surface area contributed by atoms with Crippen LogP contribution in [0.3, 0.4) is 0 Å². The van der Waals surface area contributed by atoms with Gasteiger partial charge >= 0.3 is 0 Å². The zero-order chi connectivity index (χ0) is 18.8. The zero-order valence-corrected chi connectivity index (χ0v) is 16.1. The largest absolute Gasteiger partial charge is 0.332 e. The third-order valence-corrected chi connectivity index (χ3v) is 6.12. The van der Waals surface area contributed by atoms with Crippen LogP contribution in [0.4, 0.5) is 0 Å². The second-order valence-electron chi connectivity index (χ2n) is 8.10. The van der Waals surface area contributed by atoms with Crippen LogP contribution in [0.2, 0.25) is 0 Å². The molecule has 1 heterocycles. The molecule has 0 saturated heterocycles. The van der Waals surface area contributed by atoms with E-state index in [9.17, 15) is 0 Å². The highest BCUT2D eigenvalue weighted by Gasteiger charge is 2.35. The van der Waals surface area contributed by atoms with Gasteiger partial charge in [-0.05, 0) is 57.1 Å². The number of rotatable bonds is 1. The lowest BCUT2D eigenvalue weighted by molar-refractivity contribution is -0.599. The van der Waals surface area contributed by atoms with E-state index in [1.807, 2.05) is 4.57 Å². The highest BCUT2D eigenvalue weighted by atomic mass is 14.9. The van der Waals surface area contributed by atoms with Crippen LogP contribution < -0.4 is 4.57 Å². The molecule has 0 amide bonds. The average Bonchev–Trinajstić information content (AvgIpc) is 2.89. The fourth-order valence-corrected chi connectivity index (χ4v) is 4.67. The summed E-state index contributed by atoms with van der Waals surface area (Å²) in [6.45, 7) is 6.88. The Labute approximate surface area is 160 Å². The molecule has 1 heteroatoms. The van der Waals surface area contributed by atoms with Crippen molar-refractivity contribution in [3.63, 3.8) is 0 Å². The zero-order valence-electron chi connectivity index (χ0n) is 16.1. The van der Waals surface area contributed by atoms with Gasteiger partial charge in [0, 0.05) is 12.5 Å². The van der Waals surface area contributed by atoms with Crippen LogP contribution in [0.5, 0.6) is 0 Å². The maximum Gasteiger partial charge on any atom is 0.120 e. The third kappa shape index (κ3) is 2.18. The van der Waals surface area contributed by atoms with Crippen molar-refractivity contribution in [3.05, 3.63) is 96.7 Å². The standard InChI is InChI=1S/C26H23N/c1-17-15-22-20-11-7-8-12-23(20)26(2,3)24(22)16-21(17)25-19-10-6-5-9-18(19)13-14-27(25)4/h5-16H,4H2,1-3H3. The molecule has 3 aromatic carbocycles. The Morgan fingerprint density at radius 2 is 1.52 bits per heavy atom. The Morgan fingerprint density at radius 3 is 2.37 bits per heavy atom. The van der Waals surface area contributed by atoms with Gasteiger partial charge in [-0.15, -0.1) is 0 Å². The molecular formula is C26H23N. The smallest absolute Gasteiger partial charge is 0.120 e. The third-order valence-electron chi connectivity index (χ3n) is 6.12. The Bertz CT molecular complexity index is 1210. The van der Waals surface area contributed by atoms with Crippen molar-refractivity contribution in [1.29, 1.82) is 0 Å². The minimum Gasteiger partial charge on any atom is -0.332 e. The summed E-state index contributed by atoms with van der Waals surface area (Å²) in [5.74, 6) is 0. The van der Waals surface area contributed by atoms with E-state index in [0.717, 1.165) is 0 Å². The first kappa shape index (κ1) is 16.1. The quantitative estimate of drug-likeness (QED) is 0.291. The van der Waals surface area contributed by atoms with E-state index in [1.165, 1.54) is 49.8 Å². The molecule has 0 bridgehead atoms. The summed E-state index contributed by atoms with van der Waals surface area (Å²) in [7, 11) is 4.27.